The average molecular weight is 614 g/mol. The van der Waals surface area contributed by atoms with Gasteiger partial charge < -0.3 is 45.2 Å². The van der Waals surface area contributed by atoms with Crippen LogP contribution in [0, 0.1) is 6.92 Å². The molecule has 0 unspecified atom stereocenters. The summed E-state index contributed by atoms with van der Waals surface area (Å²) >= 11 is 2.21. The number of aryl methyl sites for hydroxylation is 1. The second-order valence-corrected chi connectivity index (χ2v) is 12.2. The molecule has 0 radical (unpaired) electrons. The molecule has 7 N–H and O–H groups in total. The van der Waals surface area contributed by atoms with Crippen molar-refractivity contribution in [1.82, 2.24) is 25.0 Å². The first-order valence-corrected chi connectivity index (χ1v) is 14.5. The predicted octanol–water partition coefficient (Wildman–Crippen LogP) is -2.35. The van der Waals surface area contributed by atoms with Gasteiger partial charge in [0.05, 0.1) is 52.0 Å². The van der Waals surface area contributed by atoms with Crippen LogP contribution in [0.25, 0.3) is 10.7 Å². The van der Waals surface area contributed by atoms with Crippen molar-refractivity contribution in [3.8, 4) is 10.7 Å². The van der Waals surface area contributed by atoms with E-state index in [2.05, 4.69) is 20.3 Å². The van der Waals surface area contributed by atoms with Crippen LogP contribution in [-0.4, -0.2) is 134 Å². The van der Waals surface area contributed by atoms with Crippen LogP contribution in [0.2, 0.25) is 0 Å². The summed E-state index contributed by atoms with van der Waals surface area (Å²) in [5.74, 6) is -0.309. The summed E-state index contributed by atoms with van der Waals surface area (Å²) in [6.07, 6.45) is -8.64. The normalized spacial score (nSPS) is 34.2. The number of ether oxygens (including phenoxy) is 2. The molecule has 0 aliphatic carbocycles. The standard InChI is InChI=1S/C24H31N5O10S2/c1-8-23(20(35)14-4-25-15(40-14)3-11-17(32)22(37)19(34)13(7-30)39-11)41-24(26-8)10-5-29(28-27-10)6-12-18(33)21(36)16(31)9(2)38-12/h4-5,9,11-13,16-19,21-22,30-34,36-37H,3,6-7H2,1-2H3/t9-,11-,12-,13-,16-,17-,18-,19-,21-,22-/m1/s1. The third-order valence-corrected chi connectivity index (χ3v) is 9.42. The van der Waals surface area contributed by atoms with Gasteiger partial charge in [-0.3, -0.25) is 4.79 Å². The lowest BCUT2D eigenvalue weighted by atomic mass is 9.94. The van der Waals surface area contributed by atoms with E-state index in [-0.39, 0.29) is 18.7 Å². The Morgan fingerprint density at radius 2 is 1.63 bits per heavy atom. The first kappa shape index (κ1) is 30.2. The van der Waals surface area contributed by atoms with E-state index in [4.69, 9.17) is 9.47 Å². The molecule has 0 saturated carbocycles. The lowest BCUT2D eigenvalue weighted by Crippen LogP contribution is -2.58. The molecule has 3 aromatic rings. The largest absolute Gasteiger partial charge is 0.394 e. The van der Waals surface area contributed by atoms with Gasteiger partial charge in [0.25, 0.3) is 0 Å². The second kappa shape index (κ2) is 12.1. The number of aromatic nitrogens is 5. The lowest BCUT2D eigenvalue weighted by molar-refractivity contribution is -0.228. The summed E-state index contributed by atoms with van der Waals surface area (Å²) < 4.78 is 12.6. The number of ketones is 1. The number of nitrogens with zero attached hydrogens (tertiary/aromatic N) is 5. The van der Waals surface area contributed by atoms with E-state index in [0.717, 1.165) is 22.7 Å². The van der Waals surface area contributed by atoms with Crippen molar-refractivity contribution in [3.63, 3.8) is 0 Å². The number of carbonyl (C=O) groups excluding carboxylic acids is 1. The fourth-order valence-electron chi connectivity index (χ4n) is 4.81. The molecule has 5 rings (SSSR count). The topological polar surface area (TPSA) is 234 Å². The molecule has 0 bridgehead atoms. The van der Waals surface area contributed by atoms with Crippen LogP contribution in [-0.2, 0) is 22.4 Å². The maximum absolute atomic E-state index is 13.3. The SMILES string of the molecule is Cc1nc(-c2cn(C[C@H]3O[C@H](C)[C@@H](O)[C@@H](O)[C@@H]3O)nn2)sc1C(=O)c1cnc(C[C@H]2O[C@H](CO)[C@@H](O)[C@H](O)[C@@H]2O)s1. The first-order valence-electron chi connectivity index (χ1n) is 12.9. The Morgan fingerprint density at radius 3 is 2.37 bits per heavy atom. The van der Waals surface area contributed by atoms with Crippen LogP contribution in [0.1, 0.15) is 32.2 Å². The molecule has 2 fully saturated rings. The quantitative estimate of drug-likeness (QED) is 0.132. The molecular formula is C24H31N5O10S2. The van der Waals surface area contributed by atoms with E-state index in [9.17, 15) is 40.5 Å². The third-order valence-electron chi connectivity index (χ3n) is 7.22. The van der Waals surface area contributed by atoms with Gasteiger partial charge in [0.15, 0.2) is 0 Å². The minimum atomic E-state index is -1.49. The third kappa shape index (κ3) is 5.98. The van der Waals surface area contributed by atoms with Crippen molar-refractivity contribution in [3.05, 3.63) is 32.8 Å². The van der Waals surface area contributed by atoms with E-state index in [1.54, 1.807) is 20.0 Å². The smallest absolute Gasteiger partial charge is 0.216 e. The summed E-state index contributed by atoms with van der Waals surface area (Å²) in [7, 11) is 0. The van der Waals surface area contributed by atoms with Gasteiger partial charge in [-0.2, -0.15) is 0 Å². The van der Waals surface area contributed by atoms with Gasteiger partial charge >= 0.3 is 0 Å². The highest BCUT2D eigenvalue weighted by Crippen LogP contribution is 2.31. The van der Waals surface area contributed by atoms with Crippen LogP contribution in [0.3, 0.4) is 0 Å². The molecule has 5 heterocycles. The van der Waals surface area contributed by atoms with Crippen LogP contribution in [0.5, 0.6) is 0 Å². The molecule has 17 heteroatoms. The molecule has 2 aliphatic rings. The van der Waals surface area contributed by atoms with Gasteiger partial charge in [-0.15, -0.1) is 27.8 Å². The molecule has 2 aliphatic heterocycles. The zero-order chi connectivity index (χ0) is 29.6. The van der Waals surface area contributed by atoms with Gasteiger partial charge in [-0.1, -0.05) is 5.21 Å². The van der Waals surface area contributed by atoms with Crippen molar-refractivity contribution in [2.75, 3.05) is 6.61 Å². The van der Waals surface area contributed by atoms with Gasteiger partial charge in [-0.25, -0.2) is 14.6 Å². The van der Waals surface area contributed by atoms with Crippen molar-refractivity contribution in [2.24, 2.45) is 0 Å². The Morgan fingerprint density at radius 1 is 0.951 bits per heavy atom. The minimum absolute atomic E-state index is 0.0591. The van der Waals surface area contributed by atoms with E-state index in [0.29, 0.717) is 31.2 Å². The summed E-state index contributed by atoms with van der Waals surface area (Å²) in [4.78, 5) is 22.7. The molecule has 2 saturated heterocycles. The molecular weight excluding hydrogens is 582 g/mol. The zero-order valence-electron chi connectivity index (χ0n) is 22.0. The first-order chi connectivity index (χ1) is 19.5. The number of hydrogen-bond donors (Lipinski definition) is 7. The number of aliphatic hydroxyl groups excluding tert-OH is 7. The summed E-state index contributed by atoms with van der Waals surface area (Å²) in [6, 6.07) is 0. The molecule has 224 valence electrons. The molecule has 3 aromatic heterocycles. The maximum Gasteiger partial charge on any atom is 0.216 e. The van der Waals surface area contributed by atoms with E-state index in [1.807, 2.05) is 0 Å². The summed E-state index contributed by atoms with van der Waals surface area (Å²) in [5.41, 5.74) is 0.870. The zero-order valence-corrected chi connectivity index (χ0v) is 23.6. The Hall–Kier alpha value is -2.29. The second-order valence-electron chi connectivity index (χ2n) is 10.1. The molecule has 10 atom stereocenters. The monoisotopic (exact) mass is 613 g/mol. The summed E-state index contributed by atoms with van der Waals surface area (Å²) in [5, 5.41) is 78.9. The summed E-state index contributed by atoms with van der Waals surface area (Å²) in [6.45, 7) is 2.81. The lowest BCUT2D eigenvalue weighted by Gasteiger charge is -2.39. The number of hydrogen-bond acceptors (Lipinski definition) is 16. The molecule has 0 aromatic carbocycles. The van der Waals surface area contributed by atoms with Crippen molar-refractivity contribution >= 4 is 28.5 Å². The Balaban J connectivity index is 1.26. The molecule has 0 amide bonds. The van der Waals surface area contributed by atoms with Gasteiger partial charge in [0, 0.05) is 12.6 Å². The highest BCUT2D eigenvalue weighted by Gasteiger charge is 2.44. The van der Waals surface area contributed by atoms with E-state index >= 15 is 0 Å². The van der Waals surface area contributed by atoms with Gasteiger partial charge in [0.2, 0.25) is 5.78 Å². The van der Waals surface area contributed by atoms with Crippen molar-refractivity contribution in [2.45, 2.75) is 87.9 Å². The Bertz CT molecular complexity index is 1360. The highest BCUT2D eigenvalue weighted by atomic mass is 32.1. The Kier molecular flexibility index (Phi) is 8.93. The van der Waals surface area contributed by atoms with Crippen molar-refractivity contribution < 1.29 is 50.0 Å². The molecule has 15 nitrogen and oxygen atoms in total. The fourth-order valence-corrected chi connectivity index (χ4v) is 6.76. The number of rotatable bonds is 8. The van der Waals surface area contributed by atoms with Crippen molar-refractivity contribution in [1.29, 1.82) is 0 Å². The van der Waals surface area contributed by atoms with Crippen LogP contribution in [0.4, 0.5) is 0 Å². The van der Waals surface area contributed by atoms with Crippen LogP contribution >= 0.6 is 22.7 Å². The van der Waals surface area contributed by atoms with Gasteiger partial charge in [0.1, 0.15) is 59.5 Å². The van der Waals surface area contributed by atoms with E-state index in [1.165, 1.54) is 10.9 Å². The van der Waals surface area contributed by atoms with Gasteiger partial charge in [-0.05, 0) is 13.8 Å². The predicted molar refractivity (Wildman–Crippen MR) is 141 cm³/mol. The van der Waals surface area contributed by atoms with Crippen LogP contribution in [0.15, 0.2) is 12.4 Å². The Labute approximate surface area is 241 Å². The minimum Gasteiger partial charge on any atom is -0.394 e. The molecule has 0 spiro atoms. The van der Waals surface area contributed by atoms with Crippen LogP contribution < -0.4 is 0 Å². The molecule has 41 heavy (non-hydrogen) atoms. The number of carbonyl (C=O) groups is 1. The average Bonchev–Trinajstić information content (AvgIpc) is 3.70. The fraction of sp³-hybridized carbons (Fsp3) is 0.625. The highest BCUT2D eigenvalue weighted by molar-refractivity contribution is 7.19. The number of aliphatic hydroxyl groups is 7. The van der Waals surface area contributed by atoms with E-state index < -0.39 is 67.6 Å². The number of thiazole rings is 2. The maximum atomic E-state index is 13.3.